The lowest BCUT2D eigenvalue weighted by Gasteiger charge is -2.22. The highest BCUT2D eigenvalue weighted by atomic mass is 35.5. The second-order valence-electron chi connectivity index (χ2n) is 4.98. The van der Waals surface area contributed by atoms with Crippen LogP contribution in [0.15, 0.2) is 24.3 Å². The third-order valence-electron chi connectivity index (χ3n) is 3.26. The average molecular weight is 300 g/mol. The van der Waals surface area contributed by atoms with Crippen molar-refractivity contribution in [1.82, 2.24) is 5.32 Å². The molecule has 0 aliphatic carbocycles. The number of aliphatic hydroxyl groups is 1. The summed E-state index contributed by atoms with van der Waals surface area (Å²) in [6.07, 6.45) is -0.0997. The molecule has 1 rings (SSSR count). The van der Waals surface area contributed by atoms with Gasteiger partial charge in [0.1, 0.15) is 0 Å². The number of aliphatic hydroxyl groups excluding tert-OH is 1. The van der Waals surface area contributed by atoms with Crippen molar-refractivity contribution in [3.8, 4) is 0 Å². The molecule has 20 heavy (non-hydrogen) atoms. The summed E-state index contributed by atoms with van der Waals surface area (Å²) in [4.78, 5) is 12.0. The minimum absolute atomic E-state index is 0.0810. The molecular weight excluding hydrogens is 278 g/mol. The van der Waals surface area contributed by atoms with Crippen molar-refractivity contribution in [3.63, 3.8) is 0 Å². The highest BCUT2D eigenvalue weighted by Gasteiger charge is 2.21. The number of methoxy groups -OCH3 is 1. The average Bonchev–Trinajstić information content (AvgIpc) is 2.44. The lowest BCUT2D eigenvalue weighted by atomic mass is 10.0. The van der Waals surface area contributed by atoms with Gasteiger partial charge in [-0.2, -0.15) is 0 Å². The van der Waals surface area contributed by atoms with E-state index in [0.717, 1.165) is 5.56 Å². The smallest absolute Gasteiger partial charge is 0.223 e. The van der Waals surface area contributed by atoms with Crippen LogP contribution < -0.4 is 5.32 Å². The fraction of sp³-hybridized carbons (Fsp3) is 0.533. The molecule has 0 saturated heterocycles. The Labute approximate surface area is 125 Å². The topological polar surface area (TPSA) is 58.6 Å². The zero-order valence-electron chi connectivity index (χ0n) is 12.1. The summed E-state index contributed by atoms with van der Waals surface area (Å²) in [6, 6.07) is 6.58. The first-order valence-corrected chi connectivity index (χ1v) is 7.06. The molecule has 112 valence electrons. The van der Waals surface area contributed by atoms with Crippen LogP contribution in [0, 0.1) is 5.92 Å². The van der Waals surface area contributed by atoms with Gasteiger partial charge in [0.05, 0.1) is 12.1 Å². The van der Waals surface area contributed by atoms with E-state index in [-0.39, 0.29) is 17.9 Å². The molecule has 0 aromatic heterocycles. The summed E-state index contributed by atoms with van der Waals surface area (Å²) < 4.78 is 4.95. The summed E-state index contributed by atoms with van der Waals surface area (Å²) in [5.41, 5.74) is 0.728. The molecule has 0 aliphatic rings. The van der Waals surface area contributed by atoms with Crippen LogP contribution in [0.2, 0.25) is 5.02 Å². The standard InChI is InChI=1S/C15H22ClNO3/c1-10(8-9-20-3)15(19)17-11(2)14(18)12-4-6-13(16)7-5-12/h4-7,10-11,14,18H,8-9H2,1-3H3,(H,17,19). The van der Waals surface area contributed by atoms with Gasteiger partial charge in [0.15, 0.2) is 0 Å². The Hall–Kier alpha value is -1.10. The number of amides is 1. The zero-order valence-corrected chi connectivity index (χ0v) is 12.9. The van der Waals surface area contributed by atoms with Crippen molar-refractivity contribution < 1.29 is 14.6 Å². The predicted octanol–water partition coefficient (Wildman–Crippen LogP) is 2.55. The van der Waals surface area contributed by atoms with E-state index in [1.165, 1.54) is 0 Å². The molecule has 0 heterocycles. The SMILES string of the molecule is COCCC(C)C(=O)NC(C)C(O)c1ccc(Cl)cc1. The summed E-state index contributed by atoms with van der Waals surface area (Å²) >= 11 is 5.81. The van der Waals surface area contributed by atoms with Crippen LogP contribution in [0.3, 0.4) is 0 Å². The van der Waals surface area contributed by atoms with Gasteiger partial charge in [0.2, 0.25) is 5.91 Å². The fourth-order valence-electron chi connectivity index (χ4n) is 1.82. The summed E-state index contributed by atoms with van der Waals surface area (Å²) in [5.74, 6) is -0.225. The Morgan fingerprint density at radius 3 is 2.50 bits per heavy atom. The van der Waals surface area contributed by atoms with Gasteiger partial charge in [-0.3, -0.25) is 4.79 Å². The van der Waals surface area contributed by atoms with Gasteiger partial charge in [-0.1, -0.05) is 30.7 Å². The summed E-state index contributed by atoms with van der Waals surface area (Å²) in [5, 5.41) is 13.6. The number of nitrogens with one attached hydrogen (secondary N) is 1. The van der Waals surface area contributed by atoms with Crippen LogP contribution in [0.4, 0.5) is 0 Å². The second kappa shape index (κ2) is 8.25. The molecule has 5 heteroatoms. The molecule has 0 radical (unpaired) electrons. The number of carbonyl (C=O) groups is 1. The number of ether oxygens (including phenoxy) is 1. The molecule has 3 atom stereocenters. The van der Waals surface area contributed by atoms with Crippen LogP contribution in [-0.4, -0.2) is 30.8 Å². The van der Waals surface area contributed by atoms with Gasteiger partial charge >= 0.3 is 0 Å². The number of benzene rings is 1. The molecule has 0 spiro atoms. The molecule has 0 saturated carbocycles. The van der Waals surface area contributed by atoms with Crippen molar-refractivity contribution in [2.45, 2.75) is 32.4 Å². The van der Waals surface area contributed by atoms with Crippen molar-refractivity contribution >= 4 is 17.5 Å². The van der Waals surface area contributed by atoms with E-state index in [0.29, 0.717) is 18.1 Å². The van der Waals surface area contributed by atoms with E-state index in [9.17, 15) is 9.90 Å². The first-order chi connectivity index (χ1) is 9.45. The molecule has 1 amide bonds. The third-order valence-corrected chi connectivity index (χ3v) is 3.51. The Kier molecular flexibility index (Phi) is 6.99. The maximum atomic E-state index is 12.0. The van der Waals surface area contributed by atoms with Crippen molar-refractivity contribution in [1.29, 1.82) is 0 Å². The number of carbonyl (C=O) groups excluding carboxylic acids is 1. The minimum Gasteiger partial charge on any atom is -0.386 e. The van der Waals surface area contributed by atoms with Crippen LogP contribution in [0.25, 0.3) is 0 Å². The molecular formula is C15H22ClNO3. The van der Waals surface area contributed by atoms with E-state index < -0.39 is 6.10 Å². The molecule has 3 unspecified atom stereocenters. The summed E-state index contributed by atoms with van der Waals surface area (Å²) in [7, 11) is 1.61. The van der Waals surface area contributed by atoms with Gasteiger partial charge in [-0.25, -0.2) is 0 Å². The molecule has 0 aliphatic heterocycles. The van der Waals surface area contributed by atoms with Gasteiger partial charge < -0.3 is 15.2 Å². The number of hydrogen-bond acceptors (Lipinski definition) is 3. The van der Waals surface area contributed by atoms with E-state index in [1.807, 2.05) is 6.92 Å². The number of rotatable bonds is 7. The number of hydrogen-bond donors (Lipinski definition) is 2. The first-order valence-electron chi connectivity index (χ1n) is 6.68. The lowest BCUT2D eigenvalue weighted by molar-refractivity contribution is -0.126. The monoisotopic (exact) mass is 299 g/mol. The lowest BCUT2D eigenvalue weighted by Crippen LogP contribution is -2.40. The van der Waals surface area contributed by atoms with Gasteiger partial charge in [-0.05, 0) is 31.0 Å². The van der Waals surface area contributed by atoms with E-state index in [1.54, 1.807) is 38.3 Å². The highest BCUT2D eigenvalue weighted by molar-refractivity contribution is 6.30. The van der Waals surface area contributed by atoms with E-state index >= 15 is 0 Å². The molecule has 2 N–H and O–H groups in total. The first kappa shape index (κ1) is 17.0. The molecule has 1 aromatic rings. The van der Waals surface area contributed by atoms with Crippen molar-refractivity contribution in [2.24, 2.45) is 5.92 Å². The zero-order chi connectivity index (χ0) is 15.1. The molecule has 0 fully saturated rings. The Bertz CT molecular complexity index is 422. The van der Waals surface area contributed by atoms with Gasteiger partial charge in [0, 0.05) is 24.7 Å². The maximum Gasteiger partial charge on any atom is 0.223 e. The van der Waals surface area contributed by atoms with Crippen molar-refractivity contribution in [3.05, 3.63) is 34.9 Å². The van der Waals surface area contributed by atoms with Crippen LogP contribution in [0.5, 0.6) is 0 Å². The molecule has 0 bridgehead atoms. The number of halogens is 1. The second-order valence-corrected chi connectivity index (χ2v) is 5.41. The normalized spacial score (nSPS) is 15.4. The van der Waals surface area contributed by atoms with Crippen LogP contribution in [-0.2, 0) is 9.53 Å². The van der Waals surface area contributed by atoms with E-state index in [2.05, 4.69) is 5.32 Å². The van der Waals surface area contributed by atoms with Gasteiger partial charge in [-0.15, -0.1) is 0 Å². The Balaban J connectivity index is 2.54. The molecule has 4 nitrogen and oxygen atoms in total. The Morgan fingerprint density at radius 1 is 1.35 bits per heavy atom. The summed E-state index contributed by atoms with van der Waals surface area (Å²) in [6.45, 7) is 4.17. The van der Waals surface area contributed by atoms with E-state index in [4.69, 9.17) is 16.3 Å². The maximum absolute atomic E-state index is 12.0. The minimum atomic E-state index is -0.758. The van der Waals surface area contributed by atoms with Gasteiger partial charge in [0.25, 0.3) is 0 Å². The molecule has 1 aromatic carbocycles. The highest BCUT2D eigenvalue weighted by Crippen LogP contribution is 2.19. The predicted molar refractivity (Wildman–Crippen MR) is 79.7 cm³/mol. The van der Waals surface area contributed by atoms with Crippen LogP contribution in [0.1, 0.15) is 31.9 Å². The largest absolute Gasteiger partial charge is 0.386 e. The Morgan fingerprint density at radius 2 is 1.95 bits per heavy atom. The van der Waals surface area contributed by atoms with Crippen molar-refractivity contribution in [2.75, 3.05) is 13.7 Å². The van der Waals surface area contributed by atoms with Crippen LogP contribution >= 0.6 is 11.6 Å². The quantitative estimate of drug-likeness (QED) is 0.813. The third kappa shape index (κ3) is 5.12. The fourth-order valence-corrected chi connectivity index (χ4v) is 1.95.